The van der Waals surface area contributed by atoms with E-state index in [1.807, 2.05) is 32.0 Å². The minimum atomic E-state index is -0.292. The molecule has 0 spiro atoms. The first-order chi connectivity index (χ1) is 10.1. The van der Waals surface area contributed by atoms with Crippen LogP contribution >= 0.6 is 0 Å². The Morgan fingerprint density at radius 2 is 1.62 bits per heavy atom. The van der Waals surface area contributed by atoms with Crippen molar-refractivity contribution in [1.82, 2.24) is 15.0 Å². The number of halogens is 1. The van der Waals surface area contributed by atoms with E-state index in [2.05, 4.69) is 10.3 Å². The molecule has 0 aliphatic carbocycles. The summed E-state index contributed by atoms with van der Waals surface area (Å²) in [5, 5.41) is 8.29. The normalized spacial score (nSPS) is 10.8. The molecule has 0 radical (unpaired) electrons. The van der Waals surface area contributed by atoms with Crippen LogP contribution in [0.2, 0.25) is 0 Å². The lowest BCUT2D eigenvalue weighted by Gasteiger charge is -2.10. The Hall–Kier alpha value is -2.69. The van der Waals surface area contributed by atoms with E-state index in [0.717, 1.165) is 22.4 Å². The summed E-state index contributed by atoms with van der Waals surface area (Å²) in [6.45, 7) is 4.00. The lowest BCUT2D eigenvalue weighted by atomic mass is 10.1. The highest BCUT2D eigenvalue weighted by molar-refractivity contribution is 5.71. The van der Waals surface area contributed by atoms with E-state index >= 15 is 0 Å². The molecule has 0 bridgehead atoms. The fraction of sp³-hybridized carbons (Fsp3) is 0.125. The number of hydrogen-bond donors (Lipinski definition) is 1. The van der Waals surface area contributed by atoms with Crippen molar-refractivity contribution in [2.75, 3.05) is 5.73 Å². The first-order valence-corrected chi connectivity index (χ1v) is 6.61. The smallest absolute Gasteiger partial charge is 0.155 e. The van der Waals surface area contributed by atoms with E-state index in [9.17, 15) is 4.39 Å². The molecule has 1 aromatic heterocycles. The monoisotopic (exact) mass is 282 g/mol. The van der Waals surface area contributed by atoms with E-state index < -0.39 is 0 Å². The van der Waals surface area contributed by atoms with E-state index in [0.29, 0.717) is 11.5 Å². The quantitative estimate of drug-likeness (QED) is 0.784. The second-order valence-corrected chi connectivity index (χ2v) is 4.98. The Morgan fingerprint density at radius 3 is 2.24 bits per heavy atom. The SMILES string of the molecule is Cc1cccc(C)c1-n1nnc(-c2ccc(F)cc2)c1N. The van der Waals surface area contributed by atoms with Gasteiger partial charge in [-0.2, -0.15) is 4.68 Å². The predicted octanol–water partition coefficient (Wildman–Crippen LogP) is 3.27. The summed E-state index contributed by atoms with van der Waals surface area (Å²) in [6, 6.07) is 12.0. The summed E-state index contributed by atoms with van der Waals surface area (Å²) in [6.07, 6.45) is 0. The van der Waals surface area contributed by atoms with Crippen molar-refractivity contribution in [1.29, 1.82) is 0 Å². The molecule has 2 N–H and O–H groups in total. The van der Waals surface area contributed by atoms with E-state index in [1.165, 1.54) is 12.1 Å². The third-order valence-corrected chi connectivity index (χ3v) is 3.47. The molecule has 0 saturated heterocycles. The minimum absolute atomic E-state index is 0.292. The molecule has 21 heavy (non-hydrogen) atoms. The number of aromatic nitrogens is 3. The Labute approximate surface area is 122 Å². The molecule has 106 valence electrons. The van der Waals surface area contributed by atoms with Gasteiger partial charge in [-0.15, -0.1) is 5.10 Å². The number of anilines is 1. The molecule has 0 aliphatic heterocycles. The van der Waals surface area contributed by atoms with Gasteiger partial charge in [-0.25, -0.2) is 4.39 Å². The maximum Gasteiger partial charge on any atom is 0.155 e. The van der Waals surface area contributed by atoms with Crippen LogP contribution in [0.25, 0.3) is 16.9 Å². The Bertz CT molecular complexity index is 770. The van der Waals surface area contributed by atoms with Crippen LogP contribution in [0.3, 0.4) is 0 Å². The zero-order valence-electron chi connectivity index (χ0n) is 11.8. The molecule has 2 aromatic carbocycles. The van der Waals surface area contributed by atoms with Gasteiger partial charge >= 0.3 is 0 Å². The Morgan fingerprint density at radius 1 is 1.00 bits per heavy atom. The number of benzene rings is 2. The zero-order valence-corrected chi connectivity index (χ0v) is 11.8. The Kier molecular flexibility index (Phi) is 3.17. The number of nitrogen functional groups attached to an aromatic ring is 1. The highest BCUT2D eigenvalue weighted by Crippen LogP contribution is 2.27. The van der Waals surface area contributed by atoms with Gasteiger partial charge in [0.15, 0.2) is 5.82 Å². The largest absolute Gasteiger partial charge is 0.382 e. The van der Waals surface area contributed by atoms with Crippen LogP contribution in [-0.2, 0) is 0 Å². The summed E-state index contributed by atoms with van der Waals surface area (Å²) < 4.78 is 14.6. The van der Waals surface area contributed by atoms with Gasteiger partial charge in [0.1, 0.15) is 11.5 Å². The molecule has 4 nitrogen and oxygen atoms in total. The molecular formula is C16H15FN4. The standard InChI is InChI=1S/C16H15FN4/c1-10-4-3-5-11(2)15(10)21-16(18)14(19-20-21)12-6-8-13(17)9-7-12/h3-9H,18H2,1-2H3. The van der Waals surface area contributed by atoms with Gasteiger partial charge in [0.05, 0.1) is 5.69 Å². The molecule has 0 saturated carbocycles. The molecule has 3 rings (SSSR count). The summed E-state index contributed by atoms with van der Waals surface area (Å²) in [4.78, 5) is 0. The van der Waals surface area contributed by atoms with Gasteiger partial charge in [0.2, 0.25) is 0 Å². The second kappa shape index (κ2) is 5.01. The van der Waals surface area contributed by atoms with Gasteiger partial charge in [-0.3, -0.25) is 0 Å². The average molecular weight is 282 g/mol. The van der Waals surface area contributed by atoms with E-state index in [1.54, 1.807) is 16.8 Å². The number of nitrogens with two attached hydrogens (primary N) is 1. The second-order valence-electron chi connectivity index (χ2n) is 4.98. The van der Waals surface area contributed by atoms with Gasteiger partial charge in [-0.05, 0) is 49.2 Å². The fourth-order valence-corrected chi connectivity index (χ4v) is 2.41. The van der Waals surface area contributed by atoms with Gasteiger partial charge in [-0.1, -0.05) is 23.4 Å². The van der Waals surface area contributed by atoms with E-state index in [-0.39, 0.29) is 5.82 Å². The topological polar surface area (TPSA) is 56.7 Å². The lowest BCUT2D eigenvalue weighted by molar-refractivity contribution is 0.628. The molecule has 0 aliphatic rings. The molecule has 0 unspecified atom stereocenters. The summed E-state index contributed by atoms with van der Waals surface area (Å²) in [7, 11) is 0. The van der Waals surface area contributed by atoms with Crippen LogP contribution in [0, 0.1) is 19.7 Å². The van der Waals surface area contributed by atoms with Crippen molar-refractivity contribution in [3.63, 3.8) is 0 Å². The highest BCUT2D eigenvalue weighted by Gasteiger charge is 2.15. The first-order valence-electron chi connectivity index (χ1n) is 6.61. The first kappa shape index (κ1) is 13.3. The summed E-state index contributed by atoms with van der Waals surface area (Å²) in [5.74, 6) is 0.151. The molecule has 1 heterocycles. The predicted molar refractivity (Wildman–Crippen MR) is 80.6 cm³/mol. The average Bonchev–Trinajstić information content (AvgIpc) is 2.82. The molecular weight excluding hydrogens is 267 g/mol. The highest BCUT2D eigenvalue weighted by atomic mass is 19.1. The van der Waals surface area contributed by atoms with Crippen molar-refractivity contribution in [2.24, 2.45) is 0 Å². The number of aryl methyl sites for hydroxylation is 2. The maximum absolute atomic E-state index is 13.0. The minimum Gasteiger partial charge on any atom is -0.382 e. The number of rotatable bonds is 2. The van der Waals surface area contributed by atoms with Crippen molar-refractivity contribution in [3.05, 3.63) is 59.4 Å². The van der Waals surface area contributed by atoms with Crippen molar-refractivity contribution < 1.29 is 4.39 Å². The van der Waals surface area contributed by atoms with Crippen LogP contribution in [0.1, 0.15) is 11.1 Å². The number of para-hydroxylation sites is 1. The summed E-state index contributed by atoms with van der Waals surface area (Å²) >= 11 is 0. The van der Waals surface area contributed by atoms with Crippen LogP contribution < -0.4 is 5.73 Å². The van der Waals surface area contributed by atoms with Crippen LogP contribution in [-0.4, -0.2) is 15.0 Å². The van der Waals surface area contributed by atoms with Crippen LogP contribution in [0.4, 0.5) is 10.2 Å². The summed E-state index contributed by atoms with van der Waals surface area (Å²) in [5.41, 5.74) is 10.5. The van der Waals surface area contributed by atoms with Crippen molar-refractivity contribution >= 4 is 5.82 Å². The molecule has 0 amide bonds. The lowest BCUT2D eigenvalue weighted by Crippen LogP contribution is -2.06. The Balaban J connectivity index is 2.14. The number of nitrogens with zero attached hydrogens (tertiary/aromatic N) is 3. The zero-order chi connectivity index (χ0) is 15.0. The van der Waals surface area contributed by atoms with E-state index in [4.69, 9.17) is 5.73 Å². The third-order valence-electron chi connectivity index (χ3n) is 3.47. The third kappa shape index (κ3) is 2.27. The van der Waals surface area contributed by atoms with Crippen molar-refractivity contribution in [3.8, 4) is 16.9 Å². The van der Waals surface area contributed by atoms with Crippen molar-refractivity contribution in [2.45, 2.75) is 13.8 Å². The van der Waals surface area contributed by atoms with Gasteiger partial charge in [0.25, 0.3) is 0 Å². The van der Waals surface area contributed by atoms with Gasteiger partial charge < -0.3 is 5.73 Å². The van der Waals surface area contributed by atoms with Crippen LogP contribution in [0.5, 0.6) is 0 Å². The fourth-order valence-electron chi connectivity index (χ4n) is 2.41. The van der Waals surface area contributed by atoms with Gasteiger partial charge in [0, 0.05) is 5.56 Å². The molecule has 0 atom stereocenters. The molecule has 5 heteroatoms. The molecule has 0 fully saturated rings. The maximum atomic E-state index is 13.0. The van der Waals surface area contributed by atoms with Crippen LogP contribution in [0.15, 0.2) is 42.5 Å². The molecule has 3 aromatic rings. The number of hydrogen-bond acceptors (Lipinski definition) is 3.